The van der Waals surface area contributed by atoms with Crippen LogP contribution in [0.25, 0.3) is 0 Å². The Balaban J connectivity index is 1.60. The lowest BCUT2D eigenvalue weighted by Gasteiger charge is -2.55. The van der Waals surface area contributed by atoms with Crippen LogP contribution in [0.15, 0.2) is 0 Å². The molecule has 0 aromatic carbocycles. The van der Waals surface area contributed by atoms with Crippen molar-refractivity contribution >= 4 is 25.3 Å². The van der Waals surface area contributed by atoms with Crippen molar-refractivity contribution in [3.8, 4) is 0 Å². The van der Waals surface area contributed by atoms with E-state index in [0.717, 1.165) is 30.2 Å². The molecule has 0 aliphatic heterocycles. The van der Waals surface area contributed by atoms with Crippen LogP contribution in [-0.2, 0) is 0 Å². The second-order valence-electron chi connectivity index (χ2n) is 7.00. The van der Waals surface area contributed by atoms with Gasteiger partial charge in [-0.2, -0.15) is 25.3 Å². The molecule has 0 aromatic rings. The van der Waals surface area contributed by atoms with Crippen LogP contribution >= 0.6 is 25.3 Å². The smallest absolute Gasteiger partial charge is 0.0831 e. The van der Waals surface area contributed by atoms with Gasteiger partial charge in [-0.1, -0.05) is 6.92 Å². The highest BCUT2D eigenvalue weighted by atomic mass is 32.1. The second kappa shape index (κ2) is 4.87. The molecule has 4 fully saturated rings. The van der Waals surface area contributed by atoms with Crippen LogP contribution < -0.4 is 11.1 Å². The average molecular weight is 287 g/mol. The van der Waals surface area contributed by atoms with Crippen LogP contribution in [0.2, 0.25) is 0 Å². The Kier molecular flexibility index (Phi) is 3.68. The Morgan fingerprint density at radius 3 is 2.11 bits per heavy atom. The molecule has 0 amide bonds. The van der Waals surface area contributed by atoms with Crippen LogP contribution in [0.1, 0.15) is 39.0 Å². The van der Waals surface area contributed by atoms with E-state index < -0.39 is 4.87 Å². The number of nitrogens with one attached hydrogen (secondary N) is 1. The molecule has 2 nitrogen and oxygen atoms in total. The molecule has 18 heavy (non-hydrogen) atoms. The highest BCUT2D eigenvalue weighted by Gasteiger charge is 2.48. The normalized spacial score (nSPS) is 47.0. The lowest BCUT2D eigenvalue weighted by atomic mass is 9.54. The third-order valence-corrected chi connectivity index (χ3v) is 6.78. The van der Waals surface area contributed by atoms with Crippen molar-refractivity contribution in [1.29, 1.82) is 0 Å². The average Bonchev–Trinajstić information content (AvgIpc) is 2.26. The first kappa shape index (κ1) is 13.6. The van der Waals surface area contributed by atoms with Gasteiger partial charge in [0.2, 0.25) is 0 Å². The second-order valence-corrected chi connectivity index (χ2v) is 8.61. The van der Waals surface area contributed by atoms with Gasteiger partial charge in [0.25, 0.3) is 0 Å². The predicted octanol–water partition coefficient (Wildman–Crippen LogP) is 2.30. The maximum Gasteiger partial charge on any atom is 0.0831 e. The summed E-state index contributed by atoms with van der Waals surface area (Å²) in [5.74, 6) is 3.88. The number of rotatable bonds is 4. The third kappa shape index (κ3) is 2.46. The molecule has 0 spiro atoms. The molecule has 104 valence electrons. The largest absolute Gasteiger partial charge is 0.315 e. The molecule has 0 aromatic heterocycles. The Morgan fingerprint density at radius 1 is 1.17 bits per heavy atom. The van der Waals surface area contributed by atoms with Gasteiger partial charge < -0.3 is 11.1 Å². The maximum atomic E-state index is 6.19. The molecule has 0 radical (unpaired) electrons. The minimum atomic E-state index is -0.502. The molecule has 4 bridgehead atoms. The molecule has 0 saturated heterocycles. The van der Waals surface area contributed by atoms with E-state index in [1.54, 1.807) is 0 Å². The van der Waals surface area contributed by atoms with Gasteiger partial charge in [0, 0.05) is 17.8 Å². The van der Waals surface area contributed by atoms with E-state index in [1.807, 2.05) is 6.92 Å². The van der Waals surface area contributed by atoms with Crippen molar-refractivity contribution in [1.82, 2.24) is 5.32 Å². The fourth-order valence-corrected chi connectivity index (χ4v) is 4.87. The van der Waals surface area contributed by atoms with Crippen molar-refractivity contribution in [3.63, 3.8) is 0 Å². The molecule has 4 aliphatic carbocycles. The Hall–Kier alpha value is 0.620. The van der Waals surface area contributed by atoms with E-state index in [0.29, 0.717) is 6.04 Å². The van der Waals surface area contributed by atoms with E-state index in [-0.39, 0.29) is 5.25 Å². The monoisotopic (exact) mass is 286 g/mol. The van der Waals surface area contributed by atoms with Crippen LogP contribution in [0, 0.1) is 23.7 Å². The van der Waals surface area contributed by atoms with Crippen LogP contribution in [0.5, 0.6) is 0 Å². The first-order valence-corrected chi connectivity index (χ1v) is 8.35. The van der Waals surface area contributed by atoms with E-state index in [4.69, 9.17) is 5.73 Å². The standard InChI is InChI=1S/C14H26N2S2/c1-8(17)14(15,18)7-16-13-11-3-9-2-10(5-11)6-12(13)4-9/h8-13,16-18H,2-7,15H2,1H3. The highest BCUT2D eigenvalue weighted by molar-refractivity contribution is 7.85. The van der Waals surface area contributed by atoms with Gasteiger partial charge in [0.05, 0.1) is 4.87 Å². The van der Waals surface area contributed by atoms with Gasteiger partial charge in [0.1, 0.15) is 0 Å². The summed E-state index contributed by atoms with van der Waals surface area (Å²) in [5.41, 5.74) is 6.19. The minimum absolute atomic E-state index is 0.102. The van der Waals surface area contributed by atoms with Crippen molar-refractivity contribution in [2.75, 3.05) is 6.54 Å². The lowest BCUT2D eigenvalue weighted by Crippen LogP contribution is -2.59. The van der Waals surface area contributed by atoms with E-state index in [9.17, 15) is 0 Å². The molecule has 2 unspecified atom stereocenters. The van der Waals surface area contributed by atoms with Crippen molar-refractivity contribution in [3.05, 3.63) is 0 Å². The topological polar surface area (TPSA) is 38.0 Å². The first-order valence-electron chi connectivity index (χ1n) is 7.38. The molecule has 4 heteroatoms. The zero-order valence-corrected chi connectivity index (χ0v) is 13.0. The van der Waals surface area contributed by atoms with Gasteiger partial charge in [-0.3, -0.25) is 0 Å². The van der Waals surface area contributed by atoms with Crippen LogP contribution in [0.4, 0.5) is 0 Å². The fourth-order valence-electron chi connectivity index (χ4n) is 4.69. The molecule has 3 N–H and O–H groups in total. The van der Waals surface area contributed by atoms with Gasteiger partial charge in [0.15, 0.2) is 0 Å². The molecule has 2 atom stereocenters. The summed E-state index contributed by atoms with van der Waals surface area (Å²) in [5, 5.41) is 3.84. The van der Waals surface area contributed by atoms with Crippen LogP contribution in [0.3, 0.4) is 0 Å². The van der Waals surface area contributed by atoms with Gasteiger partial charge >= 0.3 is 0 Å². The Morgan fingerprint density at radius 2 is 1.67 bits per heavy atom. The van der Waals surface area contributed by atoms with E-state index >= 15 is 0 Å². The van der Waals surface area contributed by atoms with E-state index in [1.165, 1.54) is 32.1 Å². The van der Waals surface area contributed by atoms with Gasteiger partial charge in [-0.05, 0) is 55.8 Å². The van der Waals surface area contributed by atoms with Gasteiger partial charge in [-0.25, -0.2) is 0 Å². The highest BCUT2D eigenvalue weighted by Crippen LogP contribution is 2.53. The number of hydrogen-bond donors (Lipinski definition) is 4. The molecule has 4 saturated carbocycles. The zero-order chi connectivity index (χ0) is 12.9. The maximum absolute atomic E-state index is 6.19. The number of thiol groups is 2. The number of hydrogen-bond acceptors (Lipinski definition) is 4. The quantitative estimate of drug-likeness (QED) is 0.473. The molecular formula is C14H26N2S2. The SMILES string of the molecule is CC(S)C(N)(S)CNC1C2CC3CC(C2)CC1C3. The van der Waals surface area contributed by atoms with Crippen molar-refractivity contribution in [2.45, 2.75) is 55.2 Å². The Labute approximate surface area is 122 Å². The van der Waals surface area contributed by atoms with Crippen molar-refractivity contribution < 1.29 is 0 Å². The summed E-state index contributed by atoms with van der Waals surface area (Å²) in [4.78, 5) is -0.502. The minimum Gasteiger partial charge on any atom is -0.315 e. The fraction of sp³-hybridized carbons (Fsp3) is 1.00. The summed E-state index contributed by atoms with van der Waals surface area (Å²) >= 11 is 8.99. The van der Waals surface area contributed by atoms with Gasteiger partial charge in [-0.15, -0.1) is 0 Å². The first-order chi connectivity index (χ1) is 8.45. The Bertz CT molecular complexity index is 289. The molecule has 0 heterocycles. The summed E-state index contributed by atoms with van der Waals surface area (Å²) in [6, 6.07) is 0.694. The molecule has 4 aliphatic rings. The third-order valence-electron chi connectivity index (χ3n) is 5.57. The predicted molar refractivity (Wildman–Crippen MR) is 83.2 cm³/mol. The number of nitrogens with two attached hydrogens (primary N) is 1. The van der Waals surface area contributed by atoms with E-state index in [2.05, 4.69) is 30.6 Å². The van der Waals surface area contributed by atoms with Crippen LogP contribution in [-0.4, -0.2) is 22.7 Å². The van der Waals surface area contributed by atoms with Crippen molar-refractivity contribution in [2.24, 2.45) is 29.4 Å². The summed E-state index contributed by atoms with van der Waals surface area (Å²) in [6.45, 7) is 2.79. The zero-order valence-electron chi connectivity index (χ0n) is 11.2. The summed E-state index contributed by atoms with van der Waals surface area (Å²) < 4.78 is 0. The lowest BCUT2D eigenvalue weighted by molar-refractivity contribution is -0.0142. The summed E-state index contributed by atoms with van der Waals surface area (Å²) in [6.07, 6.45) is 7.31. The summed E-state index contributed by atoms with van der Waals surface area (Å²) in [7, 11) is 0. The molecular weight excluding hydrogens is 260 g/mol. The molecule has 4 rings (SSSR count).